The Morgan fingerprint density at radius 3 is 2.79 bits per heavy atom. The molecule has 0 aromatic carbocycles. The van der Waals surface area contributed by atoms with Gasteiger partial charge in [-0.3, -0.25) is 4.79 Å². The number of thiophene rings is 1. The van der Waals surface area contributed by atoms with Gasteiger partial charge < -0.3 is 10.1 Å². The van der Waals surface area contributed by atoms with Gasteiger partial charge in [0.2, 0.25) is 10.0 Å². The van der Waals surface area contributed by atoms with Gasteiger partial charge in [-0.2, -0.15) is 0 Å². The van der Waals surface area contributed by atoms with Crippen LogP contribution in [0.15, 0.2) is 26.5 Å². The van der Waals surface area contributed by atoms with Crippen molar-refractivity contribution >= 4 is 32.7 Å². The number of rotatable bonds is 6. The first-order valence-electron chi connectivity index (χ1n) is 5.37. The molecule has 0 amide bonds. The van der Waals surface area contributed by atoms with Crippen LogP contribution in [-0.2, 0) is 23.0 Å². The zero-order chi connectivity index (χ0) is 13.9. The summed E-state index contributed by atoms with van der Waals surface area (Å²) < 4.78 is 26.6. The van der Waals surface area contributed by atoms with Crippen LogP contribution in [0.1, 0.15) is 10.6 Å². The lowest BCUT2D eigenvalue weighted by molar-refractivity contribution is 0.300. The topological polar surface area (TPSA) is 99.3 Å². The number of hydrogen-bond acceptors (Lipinski definition) is 6. The number of H-pyrrole nitrogens is 1. The summed E-state index contributed by atoms with van der Waals surface area (Å²) in [5, 5.41) is 10.4. The van der Waals surface area contributed by atoms with Crippen LogP contribution >= 0.6 is 22.7 Å². The molecule has 3 N–H and O–H groups in total. The summed E-state index contributed by atoms with van der Waals surface area (Å²) >= 11 is 2.12. The van der Waals surface area contributed by atoms with Crippen molar-refractivity contribution in [2.24, 2.45) is 0 Å². The molecule has 9 heteroatoms. The van der Waals surface area contributed by atoms with Crippen LogP contribution < -0.4 is 9.60 Å². The van der Waals surface area contributed by atoms with Gasteiger partial charge in [0.05, 0.1) is 6.54 Å². The Hall–Kier alpha value is -1.00. The Morgan fingerprint density at radius 1 is 1.37 bits per heavy atom. The van der Waals surface area contributed by atoms with Crippen molar-refractivity contribution in [3.63, 3.8) is 0 Å². The summed E-state index contributed by atoms with van der Waals surface area (Å²) in [5.41, 5.74) is 0.533. The van der Waals surface area contributed by atoms with Gasteiger partial charge >= 0.3 is 4.87 Å². The number of hydrogen-bond donors (Lipinski definition) is 3. The molecule has 104 valence electrons. The van der Waals surface area contributed by atoms with Crippen LogP contribution in [0, 0.1) is 0 Å². The number of aromatic nitrogens is 1. The first kappa shape index (κ1) is 14.4. The van der Waals surface area contributed by atoms with Gasteiger partial charge in [-0.25, -0.2) is 13.1 Å². The molecule has 6 nitrogen and oxygen atoms in total. The third kappa shape index (κ3) is 3.74. The Bertz CT molecular complexity index is 698. The molecule has 19 heavy (non-hydrogen) atoms. The fourth-order valence-corrected chi connectivity index (χ4v) is 4.37. The normalized spacial score (nSPS) is 11.8. The summed E-state index contributed by atoms with van der Waals surface area (Å²) in [7, 11) is -3.58. The van der Waals surface area contributed by atoms with E-state index in [0.29, 0.717) is 12.1 Å². The third-order valence-corrected chi connectivity index (χ3v) is 6.04. The van der Waals surface area contributed by atoms with Gasteiger partial charge in [-0.15, -0.1) is 11.3 Å². The van der Waals surface area contributed by atoms with E-state index in [4.69, 9.17) is 5.11 Å². The van der Waals surface area contributed by atoms with Gasteiger partial charge in [0.15, 0.2) is 0 Å². The standard InChI is InChI=1S/C10H12N2O4S3/c13-4-3-8-1-2-9(18-8)19(15,16)11-5-7-6-17-10(14)12-7/h1-2,6,11,13H,3-5H2,(H,12,14). The Kier molecular flexibility index (Phi) is 4.53. The van der Waals surface area contributed by atoms with E-state index in [2.05, 4.69) is 9.71 Å². The highest BCUT2D eigenvalue weighted by molar-refractivity contribution is 7.91. The predicted molar refractivity (Wildman–Crippen MR) is 74.1 cm³/mol. The zero-order valence-corrected chi connectivity index (χ0v) is 12.2. The second kappa shape index (κ2) is 5.97. The van der Waals surface area contributed by atoms with Gasteiger partial charge in [0.25, 0.3) is 0 Å². The molecule has 0 aliphatic carbocycles. The number of aliphatic hydroxyl groups excluding tert-OH is 1. The summed E-state index contributed by atoms with van der Waals surface area (Å²) in [6.45, 7) is 0.0396. The van der Waals surface area contributed by atoms with E-state index in [9.17, 15) is 13.2 Å². The number of aromatic amines is 1. The quantitative estimate of drug-likeness (QED) is 0.722. The fraction of sp³-hybridized carbons (Fsp3) is 0.300. The molecule has 0 unspecified atom stereocenters. The summed E-state index contributed by atoms with van der Waals surface area (Å²) in [6, 6.07) is 3.19. The molecular formula is C10H12N2O4S3. The van der Waals surface area contributed by atoms with E-state index < -0.39 is 10.0 Å². The molecular weight excluding hydrogens is 308 g/mol. The van der Waals surface area contributed by atoms with Crippen LogP contribution in [-0.4, -0.2) is 25.1 Å². The highest BCUT2D eigenvalue weighted by Gasteiger charge is 2.16. The maximum absolute atomic E-state index is 12.0. The van der Waals surface area contributed by atoms with Crippen molar-refractivity contribution in [2.45, 2.75) is 17.2 Å². The summed E-state index contributed by atoms with van der Waals surface area (Å²) in [4.78, 5) is 14.1. The minimum atomic E-state index is -3.58. The molecule has 2 aromatic rings. The number of nitrogens with one attached hydrogen (secondary N) is 2. The number of sulfonamides is 1. The maximum atomic E-state index is 12.0. The second-order valence-electron chi connectivity index (χ2n) is 3.69. The van der Waals surface area contributed by atoms with Crippen LogP contribution in [0.3, 0.4) is 0 Å². The summed E-state index contributed by atoms with van der Waals surface area (Å²) in [6.07, 6.45) is 0.442. The lowest BCUT2D eigenvalue weighted by Gasteiger charge is -2.02. The van der Waals surface area contributed by atoms with E-state index >= 15 is 0 Å². The zero-order valence-electron chi connectivity index (χ0n) is 9.75. The van der Waals surface area contributed by atoms with Gasteiger partial charge in [0.1, 0.15) is 4.21 Å². The summed E-state index contributed by atoms with van der Waals surface area (Å²) in [5.74, 6) is 0. The highest BCUT2D eigenvalue weighted by Crippen LogP contribution is 2.21. The Balaban J connectivity index is 2.06. The third-order valence-electron chi connectivity index (χ3n) is 2.28. The molecule has 2 aromatic heterocycles. The molecule has 0 fully saturated rings. The first-order chi connectivity index (χ1) is 9.01. The molecule has 0 saturated heterocycles. The minimum Gasteiger partial charge on any atom is -0.396 e. The van der Waals surface area contributed by atoms with Crippen LogP contribution in [0.2, 0.25) is 0 Å². The van der Waals surface area contributed by atoms with Crippen LogP contribution in [0.25, 0.3) is 0 Å². The average molecular weight is 320 g/mol. The van der Waals surface area contributed by atoms with E-state index in [1.165, 1.54) is 6.07 Å². The molecule has 0 saturated carbocycles. The lowest BCUT2D eigenvalue weighted by atomic mass is 10.4. The largest absolute Gasteiger partial charge is 0.396 e. The Labute approximate surface area is 117 Å². The Morgan fingerprint density at radius 2 is 2.16 bits per heavy atom. The fourth-order valence-electron chi connectivity index (χ4n) is 1.39. The van der Waals surface area contributed by atoms with Crippen molar-refractivity contribution < 1.29 is 13.5 Å². The average Bonchev–Trinajstić information content (AvgIpc) is 2.97. The van der Waals surface area contributed by atoms with Crippen molar-refractivity contribution in [2.75, 3.05) is 6.61 Å². The van der Waals surface area contributed by atoms with E-state index in [1.54, 1.807) is 11.4 Å². The van der Waals surface area contributed by atoms with E-state index in [-0.39, 0.29) is 22.2 Å². The van der Waals surface area contributed by atoms with Crippen molar-refractivity contribution in [3.05, 3.63) is 37.8 Å². The second-order valence-corrected chi connectivity index (χ2v) is 7.70. The molecule has 0 atom stereocenters. The molecule has 0 aliphatic heterocycles. The molecule has 0 spiro atoms. The smallest absolute Gasteiger partial charge is 0.304 e. The SMILES string of the molecule is O=c1[nH]c(CNS(=O)(=O)c2ccc(CCO)s2)cs1. The van der Waals surface area contributed by atoms with Gasteiger partial charge in [-0.1, -0.05) is 11.3 Å². The number of aliphatic hydroxyl groups is 1. The lowest BCUT2D eigenvalue weighted by Crippen LogP contribution is -2.22. The molecule has 2 rings (SSSR count). The molecule has 0 aliphatic rings. The van der Waals surface area contributed by atoms with Crippen molar-refractivity contribution in [1.29, 1.82) is 0 Å². The molecule has 0 radical (unpaired) electrons. The van der Waals surface area contributed by atoms with Crippen molar-refractivity contribution in [3.8, 4) is 0 Å². The van der Waals surface area contributed by atoms with E-state index in [0.717, 1.165) is 27.6 Å². The van der Waals surface area contributed by atoms with Gasteiger partial charge in [-0.05, 0) is 12.1 Å². The maximum Gasteiger partial charge on any atom is 0.304 e. The van der Waals surface area contributed by atoms with Crippen LogP contribution in [0.5, 0.6) is 0 Å². The monoisotopic (exact) mass is 320 g/mol. The minimum absolute atomic E-state index is 0.0103. The molecule has 2 heterocycles. The predicted octanol–water partition coefficient (Wildman–Crippen LogP) is 0.511. The van der Waals surface area contributed by atoms with E-state index in [1.807, 2.05) is 0 Å². The van der Waals surface area contributed by atoms with Gasteiger partial charge in [0, 0.05) is 29.0 Å². The van der Waals surface area contributed by atoms with Crippen molar-refractivity contribution in [1.82, 2.24) is 9.71 Å². The number of thiazole rings is 1. The highest BCUT2D eigenvalue weighted by atomic mass is 32.2. The first-order valence-corrected chi connectivity index (χ1v) is 8.55. The van der Waals surface area contributed by atoms with Crippen LogP contribution in [0.4, 0.5) is 0 Å². The molecule has 0 bridgehead atoms.